The van der Waals surface area contributed by atoms with Gasteiger partial charge >= 0.3 is 0 Å². The SMILES string of the molecule is O=C(c1ncccc1CCc1cccc(Cl)c1)C1CCNCC1. The largest absolute Gasteiger partial charge is 0.317 e. The zero-order chi connectivity index (χ0) is 16.1. The molecule has 1 aliphatic heterocycles. The van der Waals surface area contributed by atoms with Crippen LogP contribution in [0.1, 0.15) is 34.5 Å². The van der Waals surface area contributed by atoms with Crippen LogP contribution in [0.2, 0.25) is 5.02 Å². The monoisotopic (exact) mass is 328 g/mol. The Kier molecular flexibility index (Phi) is 5.42. The zero-order valence-corrected chi connectivity index (χ0v) is 13.9. The summed E-state index contributed by atoms with van der Waals surface area (Å²) in [6.45, 7) is 1.84. The molecule has 1 saturated heterocycles. The number of hydrogen-bond acceptors (Lipinski definition) is 3. The van der Waals surface area contributed by atoms with Crippen molar-refractivity contribution in [3.8, 4) is 0 Å². The number of aryl methyl sites for hydroxylation is 2. The number of nitrogens with one attached hydrogen (secondary N) is 1. The summed E-state index contributed by atoms with van der Waals surface area (Å²) in [7, 11) is 0. The van der Waals surface area contributed by atoms with Gasteiger partial charge in [-0.25, -0.2) is 0 Å². The molecule has 1 fully saturated rings. The first-order valence-electron chi connectivity index (χ1n) is 8.17. The van der Waals surface area contributed by atoms with Crippen LogP contribution >= 0.6 is 11.6 Å². The maximum absolute atomic E-state index is 12.8. The second-order valence-corrected chi connectivity index (χ2v) is 6.47. The van der Waals surface area contributed by atoms with Crippen LogP contribution in [-0.2, 0) is 12.8 Å². The summed E-state index contributed by atoms with van der Waals surface area (Å²) in [6.07, 6.45) is 5.20. The third-order valence-corrected chi connectivity index (χ3v) is 4.64. The molecule has 0 unspecified atom stereocenters. The number of piperidine rings is 1. The van der Waals surface area contributed by atoms with Crippen molar-refractivity contribution in [2.45, 2.75) is 25.7 Å². The Morgan fingerprint density at radius 3 is 2.78 bits per heavy atom. The Labute approximate surface area is 142 Å². The summed E-state index contributed by atoms with van der Waals surface area (Å²) in [5.74, 6) is 0.310. The first-order valence-corrected chi connectivity index (χ1v) is 8.55. The zero-order valence-electron chi connectivity index (χ0n) is 13.1. The molecule has 120 valence electrons. The number of carbonyl (C=O) groups is 1. The molecular formula is C19H21ClN2O. The molecule has 3 rings (SSSR count). The van der Waals surface area contributed by atoms with Gasteiger partial charge in [0.25, 0.3) is 0 Å². The highest BCUT2D eigenvalue weighted by Gasteiger charge is 2.24. The molecule has 0 spiro atoms. The molecule has 23 heavy (non-hydrogen) atoms. The number of benzene rings is 1. The van der Waals surface area contributed by atoms with Gasteiger partial charge in [0.1, 0.15) is 5.69 Å². The van der Waals surface area contributed by atoms with Gasteiger partial charge in [-0.1, -0.05) is 29.8 Å². The standard InChI is InChI=1S/C19H21ClN2O/c20-17-5-1-3-14(13-17)6-7-15-4-2-10-22-18(15)19(23)16-8-11-21-12-9-16/h1-5,10,13,16,21H,6-9,11-12H2. The topological polar surface area (TPSA) is 42.0 Å². The highest BCUT2D eigenvalue weighted by Crippen LogP contribution is 2.21. The summed E-state index contributed by atoms with van der Waals surface area (Å²) in [6, 6.07) is 11.8. The number of Topliss-reactive ketones (excluding diaryl/α,β-unsaturated/α-hetero) is 1. The Balaban J connectivity index is 1.73. The average Bonchev–Trinajstić information content (AvgIpc) is 2.60. The van der Waals surface area contributed by atoms with Crippen LogP contribution in [0.4, 0.5) is 0 Å². The first kappa shape index (κ1) is 16.2. The number of aromatic nitrogens is 1. The van der Waals surface area contributed by atoms with Gasteiger partial charge in [0.15, 0.2) is 5.78 Å². The fraction of sp³-hybridized carbons (Fsp3) is 0.368. The second-order valence-electron chi connectivity index (χ2n) is 6.03. The molecule has 3 nitrogen and oxygen atoms in total. The number of nitrogens with zero attached hydrogens (tertiary/aromatic N) is 1. The number of ketones is 1. The van der Waals surface area contributed by atoms with Gasteiger partial charge in [-0.2, -0.15) is 0 Å². The van der Waals surface area contributed by atoms with Crippen LogP contribution in [0.5, 0.6) is 0 Å². The van der Waals surface area contributed by atoms with Gasteiger partial charge in [0.05, 0.1) is 0 Å². The van der Waals surface area contributed by atoms with Crippen LogP contribution in [0.15, 0.2) is 42.6 Å². The van der Waals surface area contributed by atoms with Crippen molar-refractivity contribution in [2.24, 2.45) is 5.92 Å². The fourth-order valence-electron chi connectivity index (χ4n) is 3.11. The van der Waals surface area contributed by atoms with E-state index in [1.165, 1.54) is 5.56 Å². The van der Waals surface area contributed by atoms with Crippen molar-refractivity contribution in [1.29, 1.82) is 0 Å². The molecule has 1 aromatic carbocycles. The van der Waals surface area contributed by atoms with Crippen molar-refractivity contribution in [1.82, 2.24) is 10.3 Å². The van der Waals surface area contributed by atoms with E-state index in [0.717, 1.165) is 49.4 Å². The second kappa shape index (κ2) is 7.71. The highest BCUT2D eigenvalue weighted by molar-refractivity contribution is 6.30. The molecular weight excluding hydrogens is 308 g/mol. The number of halogens is 1. The minimum atomic E-state index is 0.107. The van der Waals surface area contributed by atoms with E-state index in [0.29, 0.717) is 5.69 Å². The molecule has 4 heteroatoms. The summed E-state index contributed by atoms with van der Waals surface area (Å²) in [5.41, 5.74) is 2.87. The van der Waals surface area contributed by atoms with Crippen LogP contribution in [-0.4, -0.2) is 23.9 Å². The van der Waals surface area contributed by atoms with Gasteiger partial charge < -0.3 is 5.32 Å². The van der Waals surface area contributed by atoms with E-state index in [-0.39, 0.29) is 11.7 Å². The number of carbonyl (C=O) groups excluding carboxylic acids is 1. The van der Waals surface area contributed by atoms with Gasteiger partial charge in [0.2, 0.25) is 0 Å². The summed E-state index contributed by atoms with van der Waals surface area (Å²) < 4.78 is 0. The van der Waals surface area contributed by atoms with Gasteiger partial charge in [-0.3, -0.25) is 9.78 Å². The van der Waals surface area contributed by atoms with Crippen molar-refractivity contribution in [2.75, 3.05) is 13.1 Å². The molecule has 1 aliphatic rings. The lowest BCUT2D eigenvalue weighted by Gasteiger charge is -2.21. The van der Waals surface area contributed by atoms with Crippen LogP contribution in [0, 0.1) is 5.92 Å². The van der Waals surface area contributed by atoms with E-state index in [1.54, 1.807) is 6.20 Å². The quantitative estimate of drug-likeness (QED) is 0.851. The molecule has 2 aromatic rings. The maximum Gasteiger partial charge on any atom is 0.184 e. The number of rotatable bonds is 5. The Hall–Kier alpha value is -1.71. The number of pyridine rings is 1. The van der Waals surface area contributed by atoms with Gasteiger partial charge in [-0.15, -0.1) is 0 Å². The van der Waals surface area contributed by atoms with Crippen molar-refractivity contribution < 1.29 is 4.79 Å². The summed E-state index contributed by atoms with van der Waals surface area (Å²) in [5, 5.41) is 4.05. The molecule has 1 aromatic heterocycles. The molecule has 0 saturated carbocycles. The minimum Gasteiger partial charge on any atom is -0.317 e. The molecule has 0 atom stereocenters. The molecule has 0 amide bonds. The fourth-order valence-corrected chi connectivity index (χ4v) is 3.32. The lowest BCUT2D eigenvalue weighted by atomic mass is 9.89. The van der Waals surface area contributed by atoms with Crippen LogP contribution < -0.4 is 5.32 Å². The third-order valence-electron chi connectivity index (χ3n) is 4.41. The predicted octanol–water partition coefficient (Wildman–Crippen LogP) is 3.70. The Morgan fingerprint density at radius 1 is 1.17 bits per heavy atom. The van der Waals surface area contributed by atoms with Crippen molar-refractivity contribution >= 4 is 17.4 Å². The lowest BCUT2D eigenvalue weighted by molar-refractivity contribution is 0.0889. The normalized spacial score (nSPS) is 15.5. The predicted molar refractivity (Wildman–Crippen MR) is 93.0 cm³/mol. The molecule has 0 aliphatic carbocycles. The molecule has 0 bridgehead atoms. The van der Waals surface area contributed by atoms with E-state index >= 15 is 0 Å². The van der Waals surface area contributed by atoms with Crippen molar-refractivity contribution in [3.63, 3.8) is 0 Å². The van der Waals surface area contributed by atoms with E-state index in [1.807, 2.05) is 30.3 Å². The minimum absolute atomic E-state index is 0.107. The summed E-state index contributed by atoms with van der Waals surface area (Å²) >= 11 is 6.04. The Bertz CT molecular complexity index is 681. The maximum atomic E-state index is 12.8. The van der Waals surface area contributed by atoms with Crippen LogP contribution in [0.3, 0.4) is 0 Å². The average molecular weight is 329 g/mol. The van der Waals surface area contributed by atoms with E-state index in [4.69, 9.17) is 11.6 Å². The lowest BCUT2D eigenvalue weighted by Crippen LogP contribution is -2.32. The summed E-state index contributed by atoms with van der Waals surface area (Å²) in [4.78, 5) is 17.2. The van der Waals surface area contributed by atoms with Gasteiger partial charge in [0, 0.05) is 17.1 Å². The van der Waals surface area contributed by atoms with Crippen molar-refractivity contribution in [3.05, 3.63) is 64.4 Å². The Morgan fingerprint density at radius 2 is 2.00 bits per heavy atom. The highest BCUT2D eigenvalue weighted by atomic mass is 35.5. The third kappa shape index (κ3) is 4.18. The van der Waals surface area contributed by atoms with Crippen LogP contribution in [0.25, 0.3) is 0 Å². The first-order chi connectivity index (χ1) is 11.2. The number of hydrogen-bond donors (Lipinski definition) is 1. The molecule has 0 radical (unpaired) electrons. The van der Waals surface area contributed by atoms with E-state index in [9.17, 15) is 4.79 Å². The molecule has 1 N–H and O–H groups in total. The molecule has 2 heterocycles. The van der Waals surface area contributed by atoms with Gasteiger partial charge in [-0.05, 0) is 68.1 Å². The smallest absolute Gasteiger partial charge is 0.184 e. The van der Waals surface area contributed by atoms with E-state index in [2.05, 4.69) is 16.4 Å². The van der Waals surface area contributed by atoms with E-state index < -0.39 is 0 Å².